The number of hydrogen-bond acceptors (Lipinski definition) is 3. The van der Waals surface area contributed by atoms with Gasteiger partial charge in [-0.3, -0.25) is 4.79 Å². The topological polar surface area (TPSA) is 48.8 Å². The Labute approximate surface area is 166 Å². The number of anilines is 3. The molecule has 0 radical (unpaired) electrons. The van der Waals surface area contributed by atoms with Gasteiger partial charge in [0, 0.05) is 22.1 Å². The maximum Gasteiger partial charge on any atom is 0.246 e. The summed E-state index contributed by atoms with van der Waals surface area (Å²) in [6, 6.07) is 15.1. The van der Waals surface area contributed by atoms with Crippen LogP contribution in [0.3, 0.4) is 0 Å². The second kappa shape index (κ2) is 9.11. The molecule has 0 unspecified atom stereocenters. The number of carbonyl (C=O) groups excluding carboxylic acids is 1. The number of hydrogen-bond donors (Lipinski definition) is 3. The summed E-state index contributed by atoms with van der Waals surface area (Å²) in [5.41, 5.74) is 2.92. The van der Waals surface area contributed by atoms with Gasteiger partial charge in [-0.2, -0.15) is 0 Å². The molecule has 5 nitrogen and oxygen atoms in total. The van der Waals surface area contributed by atoms with Crippen LogP contribution < -0.4 is 20.4 Å². The van der Waals surface area contributed by atoms with E-state index >= 15 is 0 Å². The molecule has 1 heterocycles. The lowest BCUT2D eigenvalue weighted by molar-refractivity contribution is -0.898. The van der Waals surface area contributed by atoms with Gasteiger partial charge in [0.1, 0.15) is 6.04 Å². The van der Waals surface area contributed by atoms with Crippen LogP contribution in [0.15, 0.2) is 48.5 Å². The fourth-order valence-electron chi connectivity index (χ4n) is 3.30. The molecule has 0 spiro atoms. The zero-order valence-electron chi connectivity index (χ0n) is 16.0. The van der Waals surface area contributed by atoms with E-state index in [0.717, 1.165) is 24.5 Å². The first-order chi connectivity index (χ1) is 13.0. The SMILES string of the molecule is CC[NH+]1CCN(c2ccc(N[C@@H](C)C(=O)Nc3ccc(Cl)cc3)cc2)CC1. The predicted octanol–water partition coefficient (Wildman–Crippen LogP) is 2.50. The third kappa shape index (κ3) is 5.37. The lowest BCUT2D eigenvalue weighted by Gasteiger charge is -2.33. The van der Waals surface area contributed by atoms with E-state index in [9.17, 15) is 4.79 Å². The minimum Gasteiger partial charge on any atom is -0.374 e. The molecule has 2 aromatic carbocycles. The van der Waals surface area contributed by atoms with E-state index < -0.39 is 0 Å². The average Bonchev–Trinajstić information content (AvgIpc) is 2.70. The van der Waals surface area contributed by atoms with Crippen molar-refractivity contribution in [1.82, 2.24) is 0 Å². The fourth-order valence-corrected chi connectivity index (χ4v) is 3.43. The Morgan fingerprint density at radius 3 is 2.26 bits per heavy atom. The molecule has 1 fully saturated rings. The maximum absolute atomic E-state index is 12.4. The first-order valence-corrected chi connectivity index (χ1v) is 9.94. The average molecular weight is 388 g/mol. The molecule has 0 bridgehead atoms. The number of quaternary nitrogens is 1. The summed E-state index contributed by atoms with van der Waals surface area (Å²) >= 11 is 5.87. The third-order valence-electron chi connectivity index (χ3n) is 5.09. The maximum atomic E-state index is 12.4. The molecule has 2 aromatic rings. The Morgan fingerprint density at radius 2 is 1.67 bits per heavy atom. The first kappa shape index (κ1) is 19.5. The Balaban J connectivity index is 1.52. The molecular formula is C21H28ClN4O+. The number of piperazine rings is 1. The molecule has 1 saturated heterocycles. The quantitative estimate of drug-likeness (QED) is 0.713. The van der Waals surface area contributed by atoms with Crippen molar-refractivity contribution in [3.05, 3.63) is 53.6 Å². The number of nitrogens with zero attached hydrogens (tertiary/aromatic N) is 1. The molecule has 3 rings (SSSR count). The second-order valence-electron chi connectivity index (χ2n) is 7.00. The van der Waals surface area contributed by atoms with Gasteiger partial charge in [-0.25, -0.2) is 0 Å². The minimum atomic E-state index is -0.344. The van der Waals surface area contributed by atoms with Gasteiger partial charge in [-0.15, -0.1) is 0 Å². The smallest absolute Gasteiger partial charge is 0.246 e. The van der Waals surface area contributed by atoms with Gasteiger partial charge < -0.3 is 20.4 Å². The van der Waals surface area contributed by atoms with Crippen molar-refractivity contribution in [2.45, 2.75) is 19.9 Å². The van der Waals surface area contributed by atoms with Gasteiger partial charge in [0.25, 0.3) is 0 Å². The minimum absolute atomic E-state index is 0.0833. The van der Waals surface area contributed by atoms with Crippen LogP contribution in [0.1, 0.15) is 13.8 Å². The Morgan fingerprint density at radius 1 is 1.07 bits per heavy atom. The van der Waals surface area contributed by atoms with Crippen molar-refractivity contribution in [2.75, 3.05) is 48.3 Å². The number of nitrogens with one attached hydrogen (secondary N) is 3. The molecule has 0 saturated carbocycles. The molecule has 3 N–H and O–H groups in total. The summed E-state index contributed by atoms with van der Waals surface area (Å²) in [6.07, 6.45) is 0. The molecule has 1 aliphatic rings. The van der Waals surface area contributed by atoms with Crippen LogP contribution in [0.5, 0.6) is 0 Å². The van der Waals surface area contributed by atoms with Crippen molar-refractivity contribution in [1.29, 1.82) is 0 Å². The van der Waals surface area contributed by atoms with Crippen LogP contribution in [-0.4, -0.2) is 44.7 Å². The summed E-state index contributed by atoms with van der Waals surface area (Å²) in [5, 5.41) is 6.80. The highest BCUT2D eigenvalue weighted by atomic mass is 35.5. The molecule has 1 aliphatic heterocycles. The number of halogens is 1. The van der Waals surface area contributed by atoms with E-state index in [1.165, 1.54) is 25.3 Å². The highest BCUT2D eigenvalue weighted by molar-refractivity contribution is 6.30. The summed E-state index contributed by atoms with van der Waals surface area (Å²) in [4.78, 5) is 16.5. The van der Waals surface area contributed by atoms with Crippen LogP contribution in [-0.2, 0) is 4.79 Å². The predicted molar refractivity (Wildman–Crippen MR) is 113 cm³/mol. The van der Waals surface area contributed by atoms with Gasteiger partial charge in [-0.05, 0) is 62.4 Å². The lowest BCUT2D eigenvalue weighted by Crippen LogP contribution is -3.14. The monoisotopic (exact) mass is 387 g/mol. The van der Waals surface area contributed by atoms with E-state index in [-0.39, 0.29) is 11.9 Å². The molecular weight excluding hydrogens is 360 g/mol. The van der Waals surface area contributed by atoms with E-state index in [4.69, 9.17) is 11.6 Å². The normalized spacial score (nSPS) is 16.0. The fraction of sp³-hybridized carbons (Fsp3) is 0.381. The molecule has 0 aliphatic carbocycles. The summed E-state index contributed by atoms with van der Waals surface area (Å²) < 4.78 is 0. The van der Waals surface area contributed by atoms with E-state index in [1.807, 2.05) is 19.1 Å². The molecule has 27 heavy (non-hydrogen) atoms. The number of likely N-dealkylation sites (N-methyl/N-ethyl adjacent to an activating group) is 1. The first-order valence-electron chi connectivity index (χ1n) is 9.56. The largest absolute Gasteiger partial charge is 0.374 e. The van der Waals surface area contributed by atoms with E-state index in [0.29, 0.717) is 5.02 Å². The van der Waals surface area contributed by atoms with Crippen LogP contribution in [0, 0.1) is 0 Å². The van der Waals surface area contributed by atoms with Crippen molar-refractivity contribution >= 4 is 34.6 Å². The standard InChI is InChI=1S/C21H27ClN4O/c1-3-25-12-14-26(15-13-25)20-10-8-18(9-11-20)23-16(2)21(27)24-19-6-4-17(22)5-7-19/h4-11,16,23H,3,12-15H2,1-2H3,(H,24,27)/p+1/t16-/m0/s1. The number of rotatable bonds is 6. The molecule has 1 amide bonds. The Hall–Kier alpha value is -2.24. The van der Waals surface area contributed by atoms with Gasteiger partial charge in [0.15, 0.2) is 0 Å². The van der Waals surface area contributed by atoms with Gasteiger partial charge in [-0.1, -0.05) is 11.6 Å². The van der Waals surface area contributed by atoms with Crippen molar-refractivity contribution in [3.63, 3.8) is 0 Å². The number of carbonyl (C=O) groups is 1. The van der Waals surface area contributed by atoms with Crippen molar-refractivity contribution in [3.8, 4) is 0 Å². The highest BCUT2D eigenvalue weighted by Gasteiger charge is 2.19. The lowest BCUT2D eigenvalue weighted by atomic mass is 10.2. The Bertz CT molecular complexity index is 740. The zero-order valence-corrected chi connectivity index (χ0v) is 16.7. The zero-order chi connectivity index (χ0) is 19.2. The van der Waals surface area contributed by atoms with Crippen LogP contribution in [0.2, 0.25) is 5.02 Å². The molecule has 0 aromatic heterocycles. The van der Waals surface area contributed by atoms with Gasteiger partial charge in [0.05, 0.1) is 32.7 Å². The van der Waals surface area contributed by atoms with Gasteiger partial charge >= 0.3 is 0 Å². The number of amides is 1. The van der Waals surface area contributed by atoms with Gasteiger partial charge in [0.2, 0.25) is 5.91 Å². The van der Waals surface area contributed by atoms with Crippen LogP contribution in [0.25, 0.3) is 0 Å². The van der Waals surface area contributed by atoms with Crippen molar-refractivity contribution in [2.24, 2.45) is 0 Å². The summed E-state index contributed by atoms with van der Waals surface area (Å²) in [7, 11) is 0. The molecule has 6 heteroatoms. The number of benzene rings is 2. The summed E-state index contributed by atoms with van der Waals surface area (Å²) in [6.45, 7) is 9.87. The molecule has 144 valence electrons. The Kier molecular flexibility index (Phi) is 6.58. The summed E-state index contributed by atoms with van der Waals surface area (Å²) in [5.74, 6) is -0.0833. The van der Waals surface area contributed by atoms with E-state index in [1.54, 1.807) is 29.2 Å². The molecule has 1 atom stereocenters. The highest BCUT2D eigenvalue weighted by Crippen LogP contribution is 2.19. The second-order valence-corrected chi connectivity index (χ2v) is 7.44. The van der Waals surface area contributed by atoms with Crippen molar-refractivity contribution < 1.29 is 9.69 Å². The van der Waals surface area contributed by atoms with Crippen LogP contribution >= 0.6 is 11.6 Å². The third-order valence-corrected chi connectivity index (χ3v) is 5.34. The van der Waals surface area contributed by atoms with E-state index in [2.05, 4.69) is 34.6 Å². The van der Waals surface area contributed by atoms with Crippen LogP contribution in [0.4, 0.5) is 17.1 Å².